The van der Waals surface area contributed by atoms with Gasteiger partial charge in [-0.2, -0.15) is 0 Å². The summed E-state index contributed by atoms with van der Waals surface area (Å²) in [5.41, 5.74) is 4.20. The zero-order valence-electron chi connectivity index (χ0n) is 16.7. The van der Waals surface area contributed by atoms with Crippen molar-refractivity contribution in [1.82, 2.24) is 4.98 Å². The van der Waals surface area contributed by atoms with E-state index in [1.807, 2.05) is 36.4 Å². The number of hydrogen-bond donors (Lipinski definition) is 1. The van der Waals surface area contributed by atoms with E-state index in [-0.39, 0.29) is 12.5 Å². The predicted molar refractivity (Wildman–Crippen MR) is 119 cm³/mol. The van der Waals surface area contributed by atoms with Crippen LogP contribution >= 0.6 is 11.6 Å². The molecule has 0 aliphatic heterocycles. The molecule has 5 nitrogen and oxygen atoms in total. The average Bonchev–Trinajstić information content (AvgIpc) is 3.17. The highest BCUT2D eigenvalue weighted by Gasteiger charge is 2.11. The lowest BCUT2D eigenvalue weighted by Crippen LogP contribution is -2.20. The monoisotopic (exact) mass is 420 g/mol. The van der Waals surface area contributed by atoms with Crippen molar-refractivity contribution in [3.8, 4) is 17.2 Å². The fourth-order valence-electron chi connectivity index (χ4n) is 3.03. The Hall–Kier alpha value is -3.31. The third kappa shape index (κ3) is 4.63. The summed E-state index contributed by atoms with van der Waals surface area (Å²) in [6, 6.07) is 20.3. The predicted octanol–water partition coefficient (Wildman–Crippen LogP) is 6.29. The molecule has 0 bridgehead atoms. The number of carbonyl (C=O) groups is 1. The summed E-state index contributed by atoms with van der Waals surface area (Å²) >= 11 is 5.85. The van der Waals surface area contributed by atoms with Crippen LogP contribution < -0.4 is 10.1 Å². The van der Waals surface area contributed by atoms with Gasteiger partial charge in [-0.25, -0.2) is 4.98 Å². The molecule has 1 aromatic heterocycles. The Morgan fingerprint density at radius 2 is 1.90 bits per heavy atom. The minimum atomic E-state index is -0.263. The highest BCUT2D eigenvalue weighted by Crippen LogP contribution is 2.28. The van der Waals surface area contributed by atoms with Crippen LogP contribution in [-0.4, -0.2) is 17.5 Å². The number of benzene rings is 3. The van der Waals surface area contributed by atoms with Gasteiger partial charge in [0.15, 0.2) is 12.2 Å². The van der Waals surface area contributed by atoms with Crippen LogP contribution in [0.3, 0.4) is 0 Å². The quantitative estimate of drug-likeness (QED) is 0.398. The van der Waals surface area contributed by atoms with Crippen LogP contribution in [0.15, 0.2) is 71.1 Å². The molecule has 1 N–H and O–H groups in total. The van der Waals surface area contributed by atoms with Gasteiger partial charge >= 0.3 is 0 Å². The maximum absolute atomic E-state index is 12.2. The molecular weight excluding hydrogens is 400 g/mol. The van der Waals surface area contributed by atoms with Gasteiger partial charge in [0.05, 0.1) is 0 Å². The number of amides is 1. The van der Waals surface area contributed by atoms with Gasteiger partial charge in [-0.05, 0) is 66.1 Å². The Bertz CT molecular complexity index is 1180. The topological polar surface area (TPSA) is 64.4 Å². The first-order valence-electron chi connectivity index (χ1n) is 9.67. The van der Waals surface area contributed by atoms with Gasteiger partial charge in [0.1, 0.15) is 11.3 Å². The van der Waals surface area contributed by atoms with E-state index >= 15 is 0 Å². The number of nitrogens with zero attached hydrogens (tertiary/aromatic N) is 1. The van der Waals surface area contributed by atoms with Crippen molar-refractivity contribution in [3.05, 3.63) is 77.3 Å². The van der Waals surface area contributed by atoms with Crippen molar-refractivity contribution < 1.29 is 13.9 Å². The van der Waals surface area contributed by atoms with Crippen molar-refractivity contribution in [2.24, 2.45) is 0 Å². The molecule has 6 heteroatoms. The van der Waals surface area contributed by atoms with E-state index < -0.39 is 0 Å². The Morgan fingerprint density at radius 1 is 1.10 bits per heavy atom. The summed E-state index contributed by atoms with van der Waals surface area (Å²) in [4.78, 5) is 16.9. The van der Waals surface area contributed by atoms with E-state index in [4.69, 9.17) is 20.8 Å². The molecule has 0 saturated heterocycles. The Labute approximate surface area is 179 Å². The van der Waals surface area contributed by atoms with Gasteiger partial charge in [-0.15, -0.1) is 0 Å². The maximum atomic E-state index is 12.2. The number of hydrogen-bond acceptors (Lipinski definition) is 4. The van der Waals surface area contributed by atoms with Gasteiger partial charge in [0.2, 0.25) is 5.89 Å². The molecule has 0 aliphatic rings. The first-order valence-corrected chi connectivity index (χ1v) is 10.0. The van der Waals surface area contributed by atoms with E-state index in [2.05, 4.69) is 30.2 Å². The second kappa shape index (κ2) is 8.59. The van der Waals surface area contributed by atoms with Gasteiger partial charge in [-0.1, -0.05) is 37.6 Å². The lowest BCUT2D eigenvalue weighted by Gasteiger charge is -2.08. The highest BCUT2D eigenvalue weighted by molar-refractivity contribution is 6.30. The number of ether oxygens (including phenoxy) is 1. The van der Waals surface area contributed by atoms with E-state index in [9.17, 15) is 4.79 Å². The molecule has 0 radical (unpaired) electrons. The van der Waals surface area contributed by atoms with Crippen LogP contribution in [0.25, 0.3) is 22.6 Å². The lowest BCUT2D eigenvalue weighted by atomic mass is 10.0. The molecule has 4 aromatic rings. The molecule has 1 amide bonds. The molecule has 30 heavy (non-hydrogen) atoms. The first-order chi connectivity index (χ1) is 14.5. The maximum Gasteiger partial charge on any atom is 0.262 e. The minimum absolute atomic E-state index is 0.104. The number of rotatable bonds is 6. The van der Waals surface area contributed by atoms with Crippen LogP contribution in [0, 0.1) is 0 Å². The summed E-state index contributed by atoms with van der Waals surface area (Å²) in [6.07, 6.45) is 0. The zero-order valence-corrected chi connectivity index (χ0v) is 17.4. The molecule has 0 atom stereocenters. The van der Waals surface area contributed by atoms with Crippen LogP contribution in [0.4, 0.5) is 5.69 Å². The van der Waals surface area contributed by atoms with Crippen LogP contribution in [0.2, 0.25) is 5.02 Å². The average molecular weight is 421 g/mol. The Morgan fingerprint density at radius 3 is 2.67 bits per heavy atom. The first kappa shape index (κ1) is 20.0. The number of carbonyl (C=O) groups excluding carboxylic acids is 1. The zero-order chi connectivity index (χ0) is 21.1. The number of anilines is 1. The van der Waals surface area contributed by atoms with Crippen molar-refractivity contribution in [3.63, 3.8) is 0 Å². The fourth-order valence-corrected chi connectivity index (χ4v) is 3.16. The molecule has 0 fully saturated rings. The smallest absolute Gasteiger partial charge is 0.262 e. The molecule has 0 unspecified atom stereocenters. The summed E-state index contributed by atoms with van der Waals surface area (Å²) in [7, 11) is 0. The molecule has 0 spiro atoms. The standard InChI is InChI=1S/C24H21ClN2O3/c1-15(2)16-6-11-22-21(13-16)27-24(30-22)17-4-3-5-19(12-17)26-23(28)14-29-20-9-7-18(25)8-10-20/h3-13,15H,14H2,1-2H3,(H,26,28). The van der Waals surface area contributed by atoms with E-state index in [1.165, 1.54) is 5.56 Å². The van der Waals surface area contributed by atoms with Gasteiger partial charge in [0.25, 0.3) is 5.91 Å². The normalized spacial score (nSPS) is 11.1. The van der Waals surface area contributed by atoms with E-state index in [0.29, 0.717) is 28.3 Å². The number of halogens is 1. The van der Waals surface area contributed by atoms with Crippen molar-refractivity contribution >= 4 is 34.3 Å². The molecule has 0 aliphatic carbocycles. The SMILES string of the molecule is CC(C)c1ccc2oc(-c3cccc(NC(=O)COc4ccc(Cl)cc4)c3)nc2c1. The Balaban J connectivity index is 1.46. The van der Waals surface area contributed by atoms with Gasteiger partial charge in [-0.3, -0.25) is 4.79 Å². The highest BCUT2D eigenvalue weighted by atomic mass is 35.5. The van der Waals surface area contributed by atoms with Crippen LogP contribution in [0.5, 0.6) is 5.75 Å². The van der Waals surface area contributed by atoms with Crippen molar-refractivity contribution in [2.45, 2.75) is 19.8 Å². The van der Waals surface area contributed by atoms with E-state index in [1.54, 1.807) is 24.3 Å². The number of aromatic nitrogens is 1. The number of oxazole rings is 1. The lowest BCUT2D eigenvalue weighted by molar-refractivity contribution is -0.118. The van der Waals surface area contributed by atoms with Gasteiger partial charge < -0.3 is 14.5 Å². The molecule has 3 aromatic carbocycles. The fraction of sp³-hybridized carbons (Fsp3) is 0.167. The second-order valence-corrected chi connectivity index (χ2v) is 7.71. The third-order valence-corrected chi connectivity index (χ3v) is 4.91. The summed E-state index contributed by atoms with van der Waals surface area (Å²) in [6.45, 7) is 4.18. The van der Waals surface area contributed by atoms with Gasteiger partial charge in [0, 0.05) is 16.3 Å². The molecule has 0 saturated carbocycles. The Kier molecular flexibility index (Phi) is 5.72. The van der Waals surface area contributed by atoms with Crippen molar-refractivity contribution in [2.75, 3.05) is 11.9 Å². The van der Waals surface area contributed by atoms with Crippen LogP contribution in [-0.2, 0) is 4.79 Å². The number of fused-ring (bicyclic) bond motifs is 1. The van der Waals surface area contributed by atoms with Crippen molar-refractivity contribution in [1.29, 1.82) is 0 Å². The second-order valence-electron chi connectivity index (χ2n) is 7.27. The molecule has 152 valence electrons. The summed E-state index contributed by atoms with van der Waals surface area (Å²) < 4.78 is 11.4. The summed E-state index contributed by atoms with van der Waals surface area (Å²) in [5.74, 6) is 1.25. The van der Waals surface area contributed by atoms with Crippen LogP contribution in [0.1, 0.15) is 25.3 Å². The molecule has 1 heterocycles. The number of nitrogens with one attached hydrogen (secondary N) is 1. The third-order valence-electron chi connectivity index (χ3n) is 4.66. The largest absolute Gasteiger partial charge is 0.484 e. The molecule has 4 rings (SSSR count). The minimum Gasteiger partial charge on any atom is -0.484 e. The summed E-state index contributed by atoms with van der Waals surface area (Å²) in [5, 5.41) is 3.45. The molecular formula is C24H21ClN2O3. The van der Waals surface area contributed by atoms with E-state index in [0.717, 1.165) is 16.7 Å².